The number of rotatable bonds is 6. The number of anilines is 2. The van der Waals surface area contributed by atoms with Crippen molar-refractivity contribution in [3.8, 4) is 17.0 Å². The van der Waals surface area contributed by atoms with Crippen molar-refractivity contribution < 1.29 is 27.1 Å². The van der Waals surface area contributed by atoms with Crippen LogP contribution >= 0.6 is 0 Å². The van der Waals surface area contributed by atoms with Crippen molar-refractivity contribution in [2.24, 2.45) is 0 Å². The van der Waals surface area contributed by atoms with Gasteiger partial charge in [-0.25, -0.2) is 29.1 Å². The number of hydrogen-bond donors (Lipinski definition) is 1. The van der Waals surface area contributed by atoms with Gasteiger partial charge < -0.3 is 19.3 Å². The second kappa shape index (κ2) is 11.4. The quantitative estimate of drug-likeness (QED) is 0.347. The molecule has 5 rings (SSSR count). The van der Waals surface area contributed by atoms with E-state index in [1.165, 1.54) is 13.4 Å². The van der Waals surface area contributed by atoms with Crippen LogP contribution in [0.25, 0.3) is 22.0 Å². The van der Waals surface area contributed by atoms with Crippen LogP contribution in [0.1, 0.15) is 20.8 Å². The number of hydrogen-bond acceptors (Lipinski definition) is 10. The number of piperazine rings is 1. The van der Waals surface area contributed by atoms with Gasteiger partial charge in [-0.05, 0) is 56.7 Å². The molecule has 0 aliphatic carbocycles. The number of aromatic nitrogens is 4. The first kappa shape index (κ1) is 28.9. The number of methoxy groups -OCH3 is 1. The van der Waals surface area contributed by atoms with E-state index in [-0.39, 0.29) is 22.7 Å². The van der Waals surface area contributed by atoms with Gasteiger partial charge in [0, 0.05) is 43.3 Å². The molecule has 1 saturated heterocycles. The van der Waals surface area contributed by atoms with E-state index < -0.39 is 21.4 Å². The molecule has 220 valence electrons. The van der Waals surface area contributed by atoms with Crippen LogP contribution in [0.15, 0.2) is 60.1 Å². The highest BCUT2D eigenvalue weighted by Crippen LogP contribution is 2.33. The van der Waals surface area contributed by atoms with Gasteiger partial charge >= 0.3 is 6.09 Å². The Bertz CT molecular complexity index is 1720. The summed E-state index contributed by atoms with van der Waals surface area (Å²) in [6.07, 6.45) is 3.55. The SMILES string of the molecule is COc1ncc(-c2ccc3ncnc(N4CCN(C(=O)OC(C)(C)C)CC4)c3c2)cc1NS(=O)(=O)c1ccc(F)cn1. The fraction of sp³-hybridized carbons (Fsp3) is 0.321. The Morgan fingerprint density at radius 2 is 1.71 bits per heavy atom. The number of fused-ring (bicyclic) bond motifs is 1. The Morgan fingerprint density at radius 3 is 2.38 bits per heavy atom. The van der Waals surface area contributed by atoms with Gasteiger partial charge in [0.1, 0.15) is 29.3 Å². The first-order valence-corrected chi connectivity index (χ1v) is 14.6. The van der Waals surface area contributed by atoms with Gasteiger partial charge in [-0.1, -0.05) is 6.07 Å². The predicted octanol–water partition coefficient (Wildman–Crippen LogP) is 4.09. The van der Waals surface area contributed by atoms with E-state index in [0.717, 1.165) is 40.6 Å². The molecule has 0 bridgehead atoms. The topological polar surface area (TPSA) is 140 Å². The average Bonchev–Trinajstić information content (AvgIpc) is 2.96. The van der Waals surface area contributed by atoms with Crippen molar-refractivity contribution in [3.05, 3.63) is 60.9 Å². The van der Waals surface area contributed by atoms with Gasteiger partial charge in [0.05, 0.1) is 18.8 Å². The smallest absolute Gasteiger partial charge is 0.410 e. The molecular weight excluding hydrogens is 565 g/mol. The number of benzene rings is 1. The molecule has 1 aliphatic heterocycles. The van der Waals surface area contributed by atoms with Gasteiger partial charge in [0.2, 0.25) is 5.88 Å². The molecule has 0 unspecified atom stereocenters. The van der Waals surface area contributed by atoms with Crippen molar-refractivity contribution in [2.45, 2.75) is 31.4 Å². The summed E-state index contributed by atoms with van der Waals surface area (Å²) in [6.45, 7) is 7.59. The zero-order chi connectivity index (χ0) is 30.1. The van der Waals surface area contributed by atoms with Crippen LogP contribution in [0, 0.1) is 5.82 Å². The normalized spacial score (nSPS) is 14.1. The number of carbonyl (C=O) groups excluding carboxylic acids is 1. The minimum Gasteiger partial charge on any atom is -0.480 e. The van der Waals surface area contributed by atoms with Crippen LogP contribution in [-0.4, -0.2) is 78.2 Å². The third-order valence-electron chi connectivity index (χ3n) is 6.44. The number of sulfonamides is 1. The third kappa shape index (κ3) is 6.33. The first-order valence-electron chi connectivity index (χ1n) is 13.1. The fourth-order valence-corrected chi connectivity index (χ4v) is 5.44. The molecule has 14 heteroatoms. The zero-order valence-corrected chi connectivity index (χ0v) is 24.4. The molecule has 12 nitrogen and oxygen atoms in total. The van der Waals surface area contributed by atoms with Gasteiger partial charge in [-0.3, -0.25) is 4.72 Å². The molecule has 0 spiro atoms. The number of nitrogens with one attached hydrogen (secondary N) is 1. The zero-order valence-electron chi connectivity index (χ0n) is 23.5. The Balaban J connectivity index is 1.42. The van der Waals surface area contributed by atoms with E-state index in [4.69, 9.17) is 9.47 Å². The molecule has 1 aliphatic rings. The maximum atomic E-state index is 13.3. The Kier molecular flexibility index (Phi) is 7.82. The second-order valence-electron chi connectivity index (χ2n) is 10.6. The summed E-state index contributed by atoms with van der Waals surface area (Å²) in [5, 5.41) is 0.435. The van der Waals surface area contributed by atoms with E-state index >= 15 is 0 Å². The first-order chi connectivity index (χ1) is 19.9. The number of ether oxygens (including phenoxy) is 2. The second-order valence-corrected chi connectivity index (χ2v) is 12.2. The monoisotopic (exact) mass is 595 g/mol. The van der Waals surface area contributed by atoms with Gasteiger partial charge in [-0.2, -0.15) is 8.42 Å². The van der Waals surface area contributed by atoms with Crippen molar-refractivity contribution in [1.29, 1.82) is 0 Å². The molecule has 1 fully saturated rings. The van der Waals surface area contributed by atoms with Crippen molar-refractivity contribution in [2.75, 3.05) is 42.9 Å². The number of nitrogens with zero attached hydrogens (tertiary/aromatic N) is 6. The van der Waals surface area contributed by atoms with Gasteiger partial charge in [-0.15, -0.1) is 0 Å². The summed E-state index contributed by atoms with van der Waals surface area (Å²) in [5.74, 6) is 0.118. The lowest BCUT2D eigenvalue weighted by Crippen LogP contribution is -2.50. The van der Waals surface area contributed by atoms with E-state index in [2.05, 4.69) is 29.6 Å². The summed E-state index contributed by atoms with van der Waals surface area (Å²) in [5.41, 5.74) is 1.59. The van der Waals surface area contributed by atoms with Crippen LogP contribution in [0.5, 0.6) is 5.88 Å². The lowest BCUT2D eigenvalue weighted by Gasteiger charge is -2.36. The van der Waals surface area contributed by atoms with Crippen LogP contribution in [0.2, 0.25) is 0 Å². The summed E-state index contributed by atoms with van der Waals surface area (Å²) in [4.78, 5) is 33.2. The highest BCUT2D eigenvalue weighted by molar-refractivity contribution is 7.92. The molecule has 1 amide bonds. The molecule has 1 N–H and O–H groups in total. The highest BCUT2D eigenvalue weighted by Gasteiger charge is 2.27. The molecular formula is C28H30FN7O5S. The van der Waals surface area contributed by atoms with Crippen molar-refractivity contribution in [1.82, 2.24) is 24.8 Å². The van der Waals surface area contributed by atoms with Gasteiger partial charge in [0.25, 0.3) is 10.0 Å². The number of amides is 1. The molecule has 0 radical (unpaired) electrons. The molecule has 1 aromatic carbocycles. The van der Waals surface area contributed by atoms with E-state index in [0.29, 0.717) is 31.7 Å². The van der Waals surface area contributed by atoms with Crippen LogP contribution < -0.4 is 14.4 Å². The molecule has 0 saturated carbocycles. The standard InChI is InChI=1S/C28H30FN7O5S/c1-28(2,3)41-27(37)36-11-9-35(10-12-36)25-21-13-18(5-7-22(21)32-17-33-25)19-14-23(26(40-4)31-15-19)34-42(38,39)24-8-6-20(29)16-30-24/h5-8,13-17,34H,9-12H2,1-4H3. The summed E-state index contributed by atoms with van der Waals surface area (Å²) in [6, 6.07) is 9.29. The predicted molar refractivity (Wildman–Crippen MR) is 154 cm³/mol. The summed E-state index contributed by atoms with van der Waals surface area (Å²) < 4.78 is 52.3. The minimum atomic E-state index is -4.15. The minimum absolute atomic E-state index is 0.0529. The van der Waals surface area contributed by atoms with Crippen LogP contribution in [0.4, 0.5) is 20.7 Å². The largest absolute Gasteiger partial charge is 0.480 e. The van der Waals surface area contributed by atoms with E-state index in [1.807, 2.05) is 39.0 Å². The molecule has 3 aromatic heterocycles. The molecule has 0 atom stereocenters. The Labute approximate surface area is 242 Å². The maximum absolute atomic E-state index is 13.3. The highest BCUT2D eigenvalue weighted by atomic mass is 32.2. The van der Waals surface area contributed by atoms with Crippen molar-refractivity contribution in [3.63, 3.8) is 0 Å². The number of carbonyl (C=O) groups is 1. The number of pyridine rings is 2. The molecule has 42 heavy (non-hydrogen) atoms. The lowest BCUT2D eigenvalue weighted by molar-refractivity contribution is 0.0240. The van der Waals surface area contributed by atoms with Crippen LogP contribution in [-0.2, 0) is 14.8 Å². The summed E-state index contributed by atoms with van der Waals surface area (Å²) in [7, 11) is -2.78. The maximum Gasteiger partial charge on any atom is 0.410 e. The summed E-state index contributed by atoms with van der Waals surface area (Å²) >= 11 is 0. The fourth-order valence-electron chi connectivity index (χ4n) is 4.47. The molecule has 4 heterocycles. The number of halogens is 1. The Hall–Kier alpha value is -4.59. The third-order valence-corrected chi connectivity index (χ3v) is 7.72. The average molecular weight is 596 g/mol. The van der Waals surface area contributed by atoms with E-state index in [9.17, 15) is 17.6 Å². The molecule has 4 aromatic rings. The van der Waals surface area contributed by atoms with Crippen molar-refractivity contribution >= 4 is 38.5 Å². The van der Waals surface area contributed by atoms with Crippen LogP contribution in [0.3, 0.4) is 0 Å². The van der Waals surface area contributed by atoms with E-state index in [1.54, 1.807) is 17.2 Å². The Morgan fingerprint density at radius 1 is 0.952 bits per heavy atom. The lowest BCUT2D eigenvalue weighted by atomic mass is 10.0. The van der Waals surface area contributed by atoms with Gasteiger partial charge in [0.15, 0.2) is 5.03 Å².